The fourth-order valence-corrected chi connectivity index (χ4v) is 3.03. The van der Waals surface area contributed by atoms with Gasteiger partial charge in [0.05, 0.1) is 0 Å². The Labute approximate surface area is 136 Å². The van der Waals surface area contributed by atoms with Crippen LogP contribution in [0.5, 0.6) is 0 Å². The van der Waals surface area contributed by atoms with Crippen LogP contribution in [0.2, 0.25) is 0 Å². The molecule has 0 atom stereocenters. The van der Waals surface area contributed by atoms with Crippen molar-refractivity contribution >= 4 is 0 Å². The Hall–Kier alpha value is -0.900. The second-order valence-corrected chi connectivity index (χ2v) is 8.02. The van der Waals surface area contributed by atoms with Crippen LogP contribution >= 0.6 is 0 Å². The second kappa shape index (κ2) is 7.58. The lowest BCUT2D eigenvalue weighted by molar-refractivity contribution is 0.302. The van der Waals surface area contributed by atoms with Gasteiger partial charge in [-0.1, -0.05) is 52.0 Å². The van der Waals surface area contributed by atoms with Crippen LogP contribution in [-0.2, 0) is 0 Å². The molecule has 2 saturated heterocycles. The zero-order valence-electron chi connectivity index (χ0n) is 14.8. The molecule has 2 heterocycles. The van der Waals surface area contributed by atoms with Crippen molar-refractivity contribution in [3.63, 3.8) is 0 Å². The molecule has 3 nitrogen and oxygen atoms in total. The van der Waals surface area contributed by atoms with Crippen molar-refractivity contribution in [2.24, 2.45) is 10.8 Å². The zero-order chi connectivity index (χ0) is 16.1. The van der Waals surface area contributed by atoms with Crippen LogP contribution < -0.4 is 16.0 Å². The van der Waals surface area contributed by atoms with Crippen LogP contribution in [0, 0.1) is 10.8 Å². The highest BCUT2D eigenvalue weighted by Gasteiger charge is 2.19. The molecule has 3 rings (SSSR count). The molecule has 0 aromatic rings. The first-order chi connectivity index (χ1) is 10.4. The maximum absolute atomic E-state index is 3.44. The number of rotatable bonds is 0. The molecule has 22 heavy (non-hydrogen) atoms. The van der Waals surface area contributed by atoms with E-state index >= 15 is 0 Å². The summed E-state index contributed by atoms with van der Waals surface area (Å²) in [6.45, 7) is 15.7. The molecule has 3 aliphatic rings. The van der Waals surface area contributed by atoms with E-state index in [2.05, 4.69) is 67.9 Å². The molecule has 3 heteroatoms. The lowest BCUT2D eigenvalue weighted by atomic mass is 9.91. The average Bonchev–Trinajstić information content (AvgIpc) is 2.76. The molecule has 0 amide bonds. The van der Waals surface area contributed by atoms with E-state index in [4.69, 9.17) is 0 Å². The van der Waals surface area contributed by atoms with E-state index in [0.717, 1.165) is 39.3 Å². The molecule has 0 aromatic carbocycles. The molecule has 2 fully saturated rings. The number of fused-ring (bicyclic) bond motifs is 1. The third kappa shape index (κ3) is 5.71. The fourth-order valence-electron chi connectivity index (χ4n) is 3.03. The highest BCUT2D eigenvalue weighted by Crippen LogP contribution is 2.28. The summed E-state index contributed by atoms with van der Waals surface area (Å²) >= 11 is 0. The van der Waals surface area contributed by atoms with Crippen LogP contribution in [0.4, 0.5) is 0 Å². The summed E-state index contributed by atoms with van der Waals surface area (Å²) in [5, 5.41) is 10.2. The molecule has 0 radical (unpaired) electrons. The molecule has 2 aliphatic heterocycles. The highest BCUT2D eigenvalue weighted by molar-refractivity contribution is 5.43. The summed E-state index contributed by atoms with van der Waals surface area (Å²) in [5.41, 5.74) is 3.59. The van der Waals surface area contributed by atoms with E-state index in [1.54, 1.807) is 0 Å². The van der Waals surface area contributed by atoms with E-state index in [1.165, 1.54) is 17.6 Å². The Balaban J connectivity index is 0.000000164. The van der Waals surface area contributed by atoms with Crippen molar-refractivity contribution in [1.82, 2.24) is 16.0 Å². The number of nitrogens with one attached hydrogen (secondary N) is 3. The number of hydrogen-bond acceptors (Lipinski definition) is 3. The topological polar surface area (TPSA) is 36.1 Å². The lowest BCUT2D eigenvalue weighted by Gasteiger charge is -2.27. The van der Waals surface area contributed by atoms with Crippen LogP contribution in [0.1, 0.15) is 34.1 Å². The minimum absolute atomic E-state index is 0.222. The van der Waals surface area contributed by atoms with Gasteiger partial charge in [0.25, 0.3) is 0 Å². The zero-order valence-corrected chi connectivity index (χ0v) is 14.8. The van der Waals surface area contributed by atoms with Gasteiger partial charge in [0.2, 0.25) is 0 Å². The Bertz CT molecular complexity index is 445. The molecule has 124 valence electrons. The van der Waals surface area contributed by atoms with Gasteiger partial charge in [-0.05, 0) is 36.1 Å². The maximum atomic E-state index is 3.44. The lowest BCUT2D eigenvalue weighted by Crippen LogP contribution is -2.42. The van der Waals surface area contributed by atoms with Crippen molar-refractivity contribution < 1.29 is 0 Å². The Kier molecular flexibility index (Phi) is 6.01. The Morgan fingerprint density at radius 2 is 1.50 bits per heavy atom. The summed E-state index contributed by atoms with van der Waals surface area (Å²) in [6.07, 6.45) is 10.3. The third-order valence-corrected chi connectivity index (χ3v) is 4.33. The van der Waals surface area contributed by atoms with E-state index < -0.39 is 0 Å². The average molecular weight is 303 g/mol. The smallest absolute Gasteiger partial charge is 0.0211 e. The normalized spacial score (nSPS) is 26.4. The Morgan fingerprint density at radius 1 is 0.864 bits per heavy atom. The second-order valence-electron chi connectivity index (χ2n) is 8.02. The summed E-state index contributed by atoms with van der Waals surface area (Å²) < 4.78 is 0. The van der Waals surface area contributed by atoms with E-state index in [1.807, 2.05) is 0 Å². The van der Waals surface area contributed by atoms with Gasteiger partial charge in [0.15, 0.2) is 0 Å². The molecule has 0 aromatic heterocycles. The molecular weight excluding hydrogens is 270 g/mol. The van der Waals surface area contributed by atoms with Gasteiger partial charge in [-0.25, -0.2) is 0 Å². The summed E-state index contributed by atoms with van der Waals surface area (Å²) in [6, 6.07) is 0. The molecule has 0 spiro atoms. The molecule has 1 aliphatic carbocycles. The number of allylic oxidation sites excluding steroid dienone is 4. The highest BCUT2D eigenvalue weighted by atomic mass is 14.9. The van der Waals surface area contributed by atoms with Gasteiger partial charge >= 0.3 is 0 Å². The third-order valence-electron chi connectivity index (χ3n) is 4.33. The van der Waals surface area contributed by atoms with E-state index in [-0.39, 0.29) is 5.41 Å². The van der Waals surface area contributed by atoms with Gasteiger partial charge in [-0.3, -0.25) is 0 Å². The predicted octanol–water partition coefficient (Wildman–Crippen LogP) is 2.63. The summed E-state index contributed by atoms with van der Waals surface area (Å²) in [7, 11) is 0. The largest absolute Gasteiger partial charge is 0.316 e. The van der Waals surface area contributed by atoms with Gasteiger partial charge < -0.3 is 16.0 Å². The molecule has 0 bridgehead atoms. The van der Waals surface area contributed by atoms with Crippen LogP contribution in [0.25, 0.3) is 0 Å². The molecule has 0 unspecified atom stereocenters. The van der Waals surface area contributed by atoms with Crippen molar-refractivity contribution in [2.45, 2.75) is 34.1 Å². The molecule has 3 N–H and O–H groups in total. The Morgan fingerprint density at radius 3 is 2.18 bits per heavy atom. The van der Waals surface area contributed by atoms with Gasteiger partial charge in [0.1, 0.15) is 0 Å². The van der Waals surface area contributed by atoms with E-state index in [9.17, 15) is 0 Å². The van der Waals surface area contributed by atoms with Crippen molar-refractivity contribution in [2.75, 3.05) is 39.3 Å². The quantitative estimate of drug-likeness (QED) is 0.644. The first-order valence-corrected chi connectivity index (χ1v) is 8.61. The van der Waals surface area contributed by atoms with Crippen molar-refractivity contribution in [3.8, 4) is 0 Å². The van der Waals surface area contributed by atoms with Crippen molar-refractivity contribution in [1.29, 1.82) is 0 Å². The SMILES string of the molecule is CC1(C)C=CC=C2CNCC2=C1.CC1(C)CNCCCNC1. The van der Waals surface area contributed by atoms with E-state index in [0.29, 0.717) is 5.41 Å². The predicted molar refractivity (Wildman–Crippen MR) is 96.1 cm³/mol. The minimum atomic E-state index is 0.222. The number of hydrogen-bond donors (Lipinski definition) is 3. The minimum Gasteiger partial charge on any atom is -0.316 e. The van der Waals surface area contributed by atoms with Gasteiger partial charge in [-0.2, -0.15) is 0 Å². The first kappa shape index (κ1) is 17.5. The van der Waals surface area contributed by atoms with Crippen molar-refractivity contribution in [3.05, 3.63) is 35.5 Å². The summed E-state index contributed by atoms with van der Waals surface area (Å²) in [4.78, 5) is 0. The van der Waals surface area contributed by atoms with Gasteiger partial charge in [0, 0.05) is 31.6 Å². The van der Waals surface area contributed by atoms with Crippen LogP contribution in [-0.4, -0.2) is 39.3 Å². The first-order valence-electron chi connectivity index (χ1n) is 8.61. The monoisotopic (exact) mass is 303 g/mol. The van der Waals surface area contributed by atoms with Crippen LogP contribution in [0.3, 0.4) is 0 Å². The van der Waals surface area contributed by atoms with Crippen LogP contribution in [0.15, 0.2) is 35.5 Å². The fraction of sp³-hybridized carbons (Fsp3) is 0.684. The standard InChI is InChI=1S/C11H15N.C8H18N2/c1-11(2)5-3-4-9-7-12-8-10(9)6-11;1-8(2)6-9-4-3-5-10-7-8/h3-6,12H,7-8H2,1-2H3;9-10H,3-7H2,1-2H3. The van der Waals surface area contributed by atoms with Gasteiger partial charge in [-0.15, -0.1) is 0 Å². The molecular formula is C19H33N3. The molecule has 0 saturated carbocycles. The summed E-state index contributed by atoms with van der Waals surface area (Å²) in [5.74, 6) is 0. The maximum Gasteiger partial charge on any atom is 0.0211 e.